The van der Waals surface area contributed by atoms with E-state index in [1.807, 2.05) is 7.05 Å². The minimum Gasteiger partial charge on any atom is -0.399 e. The molecule has 2 nitrogen and oxygen atoms in total. The lowest BCUT2D eigenvalue weighted by Crippen LogP contribution is -2.26. The van der Waals surface area contributed by atoms with Crippen molar-refractivity contribution in [3.8, 4) is 0 Å². The van der Waals surface area contributed by atoms with Gasteiger partial charge in [-0.1, -0.05) is 0 Å². The Kier molecular flexibility index (Phi) is 3.47. The van der Waals surface area contributed by atoms with E-state index in [1.54, 1.807) is 12.1 Å². The van der Waals surface area contributed by atoms with Crippen molar-refractivity contribution in [2.24, 2.45) is 0 Å². The zero-order valence-electron chi connectivity index (χ0n) is 8.92. The highest BCUT2D eigenvalue weighted by Crippen LogP contribution is 2.14. The first-order valence-electron chi connectivity index (χ1n) is 4.75. The Morgan fingerprint density at radius 3 is 2.64 bits per heavy atom. The van der Waals surface area contributed by atoms with E-state index in [0.29, 0.717) is 23.8 Å². The second-order valence-electron chi connectivity index (χ2n) is 3.86. The van der Waals surface area contributed by atoms with Gasteiger partial charge in [-0.2, -0.15) is 0 Å². The van der Waals surface area contributed by atoms with Gasteiger partial charge < -0.3 is 5.73 Å². The van der Waals surface area contributed by atoms with Gasteiger partial charge >= 0.3 is 0 Å². The second kappa shape index (κ2) is 4.42. The zero-order chi connectivity index (χ0) is 10.7. The number of nitrogen functional groups attached to an aromatic ring is 1. The summed E-state index contributed by atoms with van der Waals surface area (Å²) in [5.74, 6) is -0.188. The van der Waals surface area contributed by atoms with Crippen LogP contribution in [0.5, 0.6) is 0 Å². The van der Waals surface area contributed by atoms with Crippen LogP contribution in [0.3, 0.4) is 0 Å². The van der Waals surface area contributed by atoms with Crippen molar-refractivity contribution in [2.75, 3.05) is 12.8 Å². The van der Waals surface area contributed by atoms with Crippen LogP contribution in [0.25, 0.3) is 0 Å². The first-order valence-corrected chi connectivity index (χ1v) is 4.75. The molecule has 1 rings (SSSR count). The van der Waals surface area contributed by atoms with E-state index in [0.717, 1.165) is 0 Å². The van der Waals surface area contributed by atoms with Gasteiger partial charge in [0.2, 0.25) is 0 Å². The molecule has 0 amide bonds. The van der Waals surface area contributed by atoms with E-state index in [2.05, 4.69) is 18.7 Å². The fourth-order valence-corrected chi connectivity index (χ4v) is 1.17. The predicted molar refractivity (Wildman–Crippen MR) is 57.4 cm³/mol. The normalized spacial score (nSPS) is 11.3. The van der Waals surface area contributed by atoms with Gasteiger partial charge in [0.1, 0.15) is 5.82 Å². The average molecular weight is 196 g/mol. The molecule has 1 aromatic rings. The van der Waals surface area contributed by atoms with E-state index < -0.39 is 0 Å². The third-order valence-corrected chi connectivity index (χ3v) is 2.37. The van der Waals surface area contributed by atoms with Crippen molar-refractivity contribution in [2.45, 2.75) is 26.4 Å². The number of anilines is 1. The molecule has 1 aromatic carbocycles. The van der Waals surface area contributed by atoms with Gasteiger partial charge in [0.05, 0.1) is 0 Å². The number of halogens is 1. The van der Waals surface area contributed by atoms with Gasteiger partial charge in [-0.05, 0) is 39.1 Å². The molecule has 0 radical (unpaired) electrons. The first kappa shape index (κ1) is 11.0. The first-order chi connectivity index (χ1) is 6.50. The largest absolute Gasteiger partial charge is 0.399 e. The Balaban J connectivity index is 2.80. The van der Waals surface area contributed by atoms with E-state index in [4.69, 9.17) is 5.73 Å². The number of rotatable bonds is 3. The maximum atomic E-state index is 13.3. The van der Waals surface area contributed by atoms with Crippen molar-refractivity contribution in [1.82, 2.24) is 4.90 Å². The van der Waals surface area contributed by atoms with Crippen LogP contribution in [0, 0.1) is 5.82 Å². The molecule has 0 heterocycles. The Labute approximate surface area is 84.5 Å². The van der Waals surface area contributed by atoms with E-state index in [9.17, 15) is 4.39 Å². The van der Waals surface area contributed by atoms with E-state index in [-0.39, 0.29) is 5.82 Å². The Bertz CT molecular complexity index is 310. The van der Waals surface area contributed by atoms with Gasteiger partial charge in [-0.15, -0.1) is 0 Å². The summed E-state index contributed by atoms with van der Waals surface area (Å²) in [7, 11) is 1.97. The topological polar surface area (TPSA) is 29.3 Å². The highest BCUT2D eigenvalue weighted by molar-refractivity contribution is 5.41. The van der Waals surface area contributed by atoms with Crippen molar-refractivity contribution in [1.29, 1.82) is 0 Å². The van der Waals surface area contributed by atoms with E-state index >= 15 is 0 Å². The lowest BCUT2D eigenvalue weighted by molar-refractivity contribution is 0.262. The number of benzene rings is 1. The van der Waals surface area contributed by atoms with Gasteiger partial charge in [-0.3, -0.25) is 4.90 Å². The van der Waals surface area contributed by atoms with Crippen LogP contribution in [0.4, 0.5) is 10.1 Å². The summed E-state index contributed by atoms with van der Waals surface area (Å²) in [6.45, 7) is 4.74. The molecule has 78 valence electrons. The number of nitrogens with two attached hydrogens (primary N) is 1. The molecule has 14 heavy (non-hydrogen) atoms. The Morgan fingerprint density at radius 2 is 2.07 bits per heavy atom. The molecular formula is C11H17FN2. The highest BCUT2D eigenvalue weighted by atomic mass is 19.1. The summed E-state index contributed by atoms with van der Waals surface area (Å²) in [4.78, 5) is 2.07. The summed E-state index contributed by atoms with van der Waals surface area (Å²) >= 11 is 0. The molecule has 0 atom stereocenters. The average Bonchev–Trinajstić information content (AvgIpc) is 2.11. The van der Waals surface area contributed by atoms with Crippen molar-refractivity contribution in [3.05, 3.63) is 29.6 Å². The minimum atomic E-state index is -0.188. The molecule has 0 bridgehead atoms. The molecule has 2 N–H and O–H groups in total. The van der Waals surface area contributed by atoms with E-state index in [1.165, 1.54) is 6.07 Å². The molecule has 3 heteroatoms. The molecule has 0 aromatic heterocycles. The number of hydrogen-bond donors (Lipinski definition) is 1. The van der Waals surface area contributed by atoms with Crippen LogP contribution in [0.1, 0.15) is 19.4 Å². The fourth-order valence-electron chi connectivity index (χ4n) is 1.17. The van der Waals surface area contributed by atoms with Gasteiger partial charge in [0.25, 0.3) is 0 Å². The maximum absolute atomic E-state index is 13.3. The predicted octanol–water partition coefficient (Wildman–Crippen LogP) is 2.25. The molecule has 0 aliphatic carbocycles. The SMILES string of the molecule is CC(C)N(C)Cc1cc(N)ccc1F. The number of hydrogen-bond acceptors (Lipinski definition) is 2. The fraction of sp³-hybridized carbons (Fsp3) is 0.455. The zero-order valence-corrected chi connectivity index (χ0v) is 8.92. The molecule has 0 spiro atoms. The molecule has 0 saturated carbocycles. The molecule has 0 fully saturated rings. The Hall–Kier alpha value is -1.09. The maximum Gasteiger partial charge on any atom is 0.127 e. The molecule has 0 aliphatic heterocycles. The quantitative estimate of drug-likeness (QED) is 0.751. The third kappa shape index (κ3) is 2.70. The Morgan fingerprint density at radius 1 is 1.43 bits per heavy atom. The van der Waals surface area contributed by atoms with Crippen LogP contribution in [-0.4, -0.2) is 18.0 Å². The van der Waals surface area contributed by atoms with Crippen molar-refractivity contribution < 1.29 is 4.39 Å². The highest BCUT2D eigenvalue weighted by Gasteiger charge is 2.08. The van der Waals surface area contributed by atoms with Gasteiger partial charge in [0, 0.05) is 23.8 Å². The molecule has 0 aliphatic rings. The monoisotopic (exact) mass is 196 g/mol. The van der Waals surface area contributed by atoms with Crippen molar-refractivity contribution >= 4 is 5.69 Å². The van der Waals surface area contributed by atoms with Crippen LogP contribution >= 0.6 is 0 Å². The number of nitrogens with zero attached hydrogens (tertiary/aromatic N) is 1. The molecule has 0 unspecified atom stereocenters. The second-order valence-corrected chi connectivity index (χ2v) is 3.86. The summed E-state index contributed by atoms with van der Waals surface area (Å²) in [6.07, 6.45) is 0. The molecule has 0 saturated heterocycles. The van der Waals surface area contributed by atoms with Crippen LogP contribution in [-0.2, 0) is 6.54 Å². The minimum absolute atomic E-state index is 0.188. The lowest BCUT2D eigenvalue weighted by atomic mass is 10.1. The molecular weight excluding hydrogens is 179 g/mol. The van der Waals surface area contributed by atoms with Gasteiger partial charge in [-0.25, -0.2) is 4.39 Å². The van der Waals surface area contributed by atoms with Crippen LogP contribution in [0.2, 0.25) is 0 Å². The van der Waals surface area contributed by atoms with Gasteiger partial charge in [0.15, 0.2) is 0 Å². The summed E-state index contributed by atoms with van der Waals surface area (Å²) in [6, 6.07) is 5.08. The smallest absolute Gasteiger partial charge is 0.127 e. The lowest BCUT2D eigenvalue weighted by Gasteiger charge is -2.21. The summed E-state index contributed by atoms with van der Waals surface area (Å²) < 4.78 is 13.3. The van der Waals surface area contributed by atoms with Crippen LogP contribution < -0.4 is 5.73 Å². The van der Waals surface area contributed by atoms with Crippen molar-refractivity contribution in [3.63, 3.8) is 0 Å². The van der Waals surface area contributed by atoms with Crippen LogP contribution in [0.15, 0.2) is 18.2 Å². The standard InChI is InChI=1S/C11H17FN2/c1-8(2)14(3)7-9-6-10(13)4-5-11(9)12/h4-6,8H,7,13H2,1-3H3. The third-order valence-electron chi connectivity index (χ3n) is 2.37. The summed E-state index contributed by atoms with van der Waals surface area (Å²) in [5.41, 5.74) is 6.86. The summed E-state index contributed by atoms with van der Waals surface area (Å²) in [5, 5.41) is 0.